The van der Waals surface area contributed by atoms with Crippen molar-refractivity contribution < 1.29 is 22.7 Å². The van der Waals surface area contributed by atoms with Crippen molar-refractivity contribution in [3.05, 3.63) is 63.7 Å². The van der Waals surface area contributed by atoms with E-state index in [4.69, 9.17) is 4.74 Å². The number of hydrogen-bond donors (Lipinski definition) is 1. The molecule has 0 bridgehead atoms. The Bertz CT molecular complexity index is 1170. The molecule has 0 unspecified atom stereocenters. The van der Waals surface area contributed by atoms with Crippen molar-refractivity contribution in [2.75, 3.05) is 13.2 Å². The largest absolute Gasteiger partial charge is 0.457 e. The third-order valence-electron chi connectivity index (χ3n) is 5.39. The van der Waals surface area contributed by atoms with E-state index in [0.717, 1.165) is 22.3 Å². The van der Waals surface area contributed by atoms with Gasteiger partial charge in [0.15, 0.2) is 6.61 Å². The van der Waals surface area contributed by atoms with Crippen LogP contribution >= 0.6 is 0 Å². The fourth-order valence-corrected chi connectivity index (χ4v) is 4.56. The zero-order valence-corrected chi connectivity index (χ0v) is 18.2. The number of rotatable bonds is 6. The molecule has 0 radical (unpaired) electrons. The fourth-order valence-electron chi connectivity index (χ4n) is 3.31. The molecular weight excluding hydrogens is 404 g/mol. The molecule has 8 heteroatoms. The van der Waals surface area contributed by atoms with Crippen molar-refractivity contribution in [1.29, 1.82) is 0 Å². The Hall–Kier alpha value is -3.00. The number of ether oxygens (including phenoxy) is 1. The Labute approximate surface area is 176 Å². The van der Waals surface area contributed by atoms with E-state index in [1.807, 2.05) is 33.8 Å². The van der Waals surface area contributed by atoms with E-state index in [0.29, 0.717) is 11.1 Å². The van der Waals surface area contributed by atoms with Crippen LogP contribution in [-0.2, 0) is 19.6 Å². The molecule has 0 saturated heterocycles. The lowest BCUT2D eigenvalue weighted by atomic mass is 9.93. The molecule has 2 aromatic rings. The molecule has 0 fully saturated rings. The third-order valence-corrected chi connectivity index (χ3v) is 6.79. The average molecular weight is 429 g/mol. The summed E-state index contributed by atoms with van der Waals surface area (Å²) in [7, 11) is -3.61. The summed E-state index contributed by atoms with van der Waals surface area (Å²) >= 11 is 0. The van der Waals surface area contributed by atoms with Gasteiger partial charge in [-0.15, -0.1) is 0 Å². The van der Waals surface area contributed by atoms with Crippen LogP contribution in [0.25, 0.3) is 0 Å². The predicted molar refractivity (Wildman–Crippen MR) is 113 cm³/mol. The maximum absolute atomic E-state index is 12.5. The van der Waals surface area contributed by atoms with Gasteiger partial charge in [0, 0.05) is 11.1 Å². The number of hydrogen-bond acceptors (Lipinski definition) is 6. The van der Waals surface area contributed by atoms with E-state index in [1.165, 1.54) is 6.07 Å². The standard InChI is InChI=1S/C22H24N2O5S/c1-13-11-18(16(4)15(3)14(13)2)19(25)12-29-21(26)9-10-23-22-17-7-5-6-8-20(17)30(27,28)24-22/h5-8,11H,9-10,12H2,1-4H3,(H,23,24). The van der Waals surface area contributed by atoms with Crippen LogP contribution in [0.4, 0.5) is 0 Å². The molecule has 2 aromatic carbocycles. The first-order valence-electron chi connectivity index (χ1n) is 9.54. The van der Waals surface area contributed by atoms with Crippen molar-refractivity contribution in [3.8, 4) is 0 Å². The third kappa shape index (κ3) is 4.28. The first-order chi connectivity index (χ1) is 14.1. The summed E-state index contributed by atoms with van der Waals surface area (Å²) in [6.07, 6.45) is -0.0639. The summed E-state index contributed by atoms with van der Waals surface area (Å²) < 4.78 is 31.6. The number of nitrogens with one attached hydrogen (secondary N) is 1. The maximum atomic E-state index is 12.5. The monoisotopic (exact) mass is 428 g/mol. The Morgan fingerprint density at radius 3 is 2.47 bits per heavy atom. The van der Waals surface area contributed by atoms with Gasteiger partial charge in [-0.25, -0.2) is 8.42 Å². The number of carbonyl (C=O) groups is 2. The quantitative estimate of drug-likeness (QED) is 0.563. The Morgan fingerprint density at radius 1 is 1.03 bits per heavy atom. The molecule has 0 spiro atoms. The second-order valence-electron chi connectivity index (χ2n) is 7.28. The van der Waals surface area contributed by atoms with Gasteiger partial charge < -0.3 is 4.74 Å². The zero-order valence-electron chi connectivity index (χ0n) is 17.4. The molecule has 158 valence electrons. The predicted octanol–water partition coefficient (Wildman–Crippen LogP) is 2.77. The molecule has 7 nitrogen and oxygen atoms in total. The van der Waals surface area contributed by atoms with Crippen LogP contribution in [-0.4, -0.2) is 39.2 Å². The molecule has 1 aliphatic heterocycles. The van der Waals surface area contributed by atoms with Gasteiger partial charge in [-0.05, 0) is 68.1 Å². The Morgan fingerprint density at radius 2 is 1.73 bits per heavy atom. The SMILES string of the molecule is Cc1cc(C(=O)COC(=O)CCN=C2NS(=O)(=O)c3ccccc32)c(C)c(C)c1C. The van der Waals surface area contributed by atoms with Crippen LogP contribution in [0, 0.1) is 27.7 Å². The van der Waals surface area contributed by atoms with Gasteiger partial charge in [-0.1, -0.05) is 12.1 Å². The number of Topliss-reactive ketones (excluding diaryl/α,β-unsaturated/α-hetero) is 1. The van der Waals surface area contributed by atoms with Crippen LogP contribution < -0.4 is 4.72 Å². The number of benzene rings is 2. The minimum atomic E-state index is -3.61. The number of sulfonamides is 1. The van der Waals surface area contributed by atoms with Crippen molar-refractivity contribution in [3.63, 3.8) is 0 Å². The van der Waals surface area contributed by atoms with Crippen LogP contribution in [0.2, 0.25) is 0 Å². The van der Waals surface area contributed by atoms with Gasteiger partial charge in [0.25, 0.3) is 10.0 Å². The number of aliphatic imine (C=N–C) groups is 1. The Balaban J connectivity index is 1.58. The number of esters is 1. The summed E-state index contributed by atoms with van der Waals surface area (Å²) in [6, 6.07) is 8.32. The van der Waals surface area contributed by atoms with Crippen molar-refractivity contribution in [1.82, 2.24) is 4.72 Å². The molecule has 3 rings (SSSR count). The highest BCUT2D eigenvalue weighted by Gasteiger charge is 2.30. The molecule has 0 aliphatic carbocycles. The first kappa shape index (κ1) is 21.7. The summed E-state index contributed by atoms with van der Waals surface area (Å²) in [4.78, 5) is 28.8. The van der Waals surface area contributed by atoms with Crippen LogP contribution in [0.1, 0.15) is 44.6 Å². The van der Waals surface area contributed by atoms with E-state index in [2.05, 4.69) is 9.71 Å². The minimum Gasteiger partial charge on any atom is -0.457 e. The summed E-state index contributed by atoms with van der Waals surface area (Å²) in [5.74, 6) is -0.619. The number of nitrogens with zero attached hydrogens (tertiary/aromatic N) is 1. The molecule has 30 heavy (non-hydrogen) atoms. The van der Waals surface area contributed by atoms with Crippen molar-refractivity contribution >= 4 is 27.6 Å². The summed E-state index contributed by atoms with van der Waals surface area (Å²) in [5, 5.41) is 0. The molecule has 0 saturated carbocycles. The number of amidine groups is 1. The second kappa shape index (κ2) is 8.39. The molecule has 0 amide bonds. The van der Waals surface area contributed by atoms with Crippen LogP contribution in [0.5, 0.6) is 0 Å². The fraction of sp³-hybridized carbons (Fsp3) is 0.318. The lowest BCUT2D eigenvalue weighted by Crippen LogP contribution is -2.23. The normalized spacial score (nSPS) is 15.5. The van der Waals surface area contributed by atoms with Crippen molar-refractivity contribution in [2.45, 2.75) is 39.0 Å². The summed E-state index contributed by atoms with van der Waals surface area (Å²) in [6.45, 7) is 7.51. The smallest absolute Gasteiger partial charge is 0.308 e. The van der Waals surface area contributed by atoms with Gasteiger partial charge in [-0.3, -0.25) is 19.3 Å². The van der Waals surface area contributed by atoms with Crippen molar-refractivity contribution in [2.24, 2.45) is 4.99 Å². The number of ketones is 1. The van der Waals surface area contributed by atoms with E-state index in [-0.39, 0.29) is 36.1 Å². The number of aryl methyl sites for hydroxylation is 1. The van der Waals surface area contributed by atoms with Gasteiger partial charge in [0.2, 0.25) is 5.78 Å². The number of fused-ring (bicyclic) bond motifs is 1. The molecule has 1 aliphatic rings. The number of carbonyl (C=O) groups excluding carboxylic acids is 2. The topological polar surface area (TPSA) is 102 Å². The lowest BCUT2D eigenvalue weighted by Gasteiger charge is -2.13. The van der Waals surface area contributed by atoms with E-state index < -0.39 is 16.0 Å². The maximum Gasteiger partial charge on any atom is 0.308 e. The molecular formula is C22H24N2O5S. The lowest BCUT2D eigenvalue weighted by molar-refractivity contribution is -0.142. The summed E-state index contributed by atoms with van der Waals surface area (Å²) in [5.41, 5.74) is 5.13. The van der Waals surface area contributed by atoms with Gasteiger partial charge in [0.1, 0.15) is 5.84 Å². The molecule has 1 heterocycles. The average Bonchev–Trinajstić information content (AvgIpc) is 2.98. The molecule has 0 aromatic heterocycles. The van der Waals surface area contributed by atoms with E-state index in [9.17, 15) is 18.0 Å². The zero-order chi connectivity index (χ0) is 22.1. The minimum absolute atomic E-state index is 0.0426. The highest BCUT2D eigenvalue weighted by atomic mass is 32.2. The van der Waals surface area contributed by atoms with Crippen LogP contribution in [0.15, 0.2) is 40.2 Å². The highest BCUT2D eigenvalue weighted by Crippen LogP contribution is 2.23. The van der Waals surface area contributed by atoms with Gasteiger partial charge in [-0.2, -0.15) is 0 Å². The van der Waals surface area contributed by atoms with Gasteiger partial charge in [0.05, 0.1) is 17.9 Å². The van der Waals surface area contributed by atoms with Crippen LogP contribution in [0.3, 0.4) is 0 Å². The second-order valence-corrected chi connectivity index (χ2v) is 8.93. The molecule has 0 atom stereocenters. The van der Waals surface area contributed by atoms with Gasteiger partial charge >= 0.3 is 5.97 Å². The first-order valence-corrected chi connectivity index (χ1v) is 11.0. The molecule has 1 N–H and O–H groups in total. The Kier molecular flexibility index (Phi) is 6.07. The van der Waals surface area contributed by atoms with E-state index in [1.54, 1.807) is 18.2 Å². The van der Waals surface area contributed by atoms with E-state index >= 15 is 0 Å². The highest BCUT2D eigenvalue weighted by molar-refractivity contribution is 7.90.